The summed E-state index contributed by atoms with van der Waals surface area (Å²) in [5, 5.41) is 0.901. The number of halogens is 1. The van der Waals surface area contributed by atoms with Crippen molar-refractivity contribution in [1.82, 2.24) is 4.98 Å². The van der Waals surface area contributed by atoms with Gasteiger partial charge in [-0.2, -0.15) is 0 Å². The molecule has 1 aromatic carbocycles. The van der Waals surface area contributed by atoms with Crippen LogP contribution in [0.1, 0.15) is 17.3 Å². The van der Waals surface area contributed by atoms with Gasteiger partial charge in [0.1, 0.15) is 16.8 Å². The predicted octanol–water partition coefficient (Wildman–Crippen LogP) is 2.66. The quantitative estimate of drug-likeness (QED) is 0.875. The molecule has 5 nitrogen and oxygen atoms in total. The maximum atomic E-state index is 11.8. The average Bonchev–Trinajstić information content (AvgIpc) is 2.39. The molecule has 2 rings (SSSR count). The number of pyridine rings is 1. The molecule has 100 valence electrons. The molecule has 1 aromatic heterocycles. The van der Waals surface area contributed by atoms with Crippen LogP contribution in [0.3, 0.4) is 0 Å². The summed E-state index contributed by atoms with van der Waals surface area (Å²) in [6, 6.07) is 3.34. The Morgan fingerprint density at radius 1 is 1.47 bits per heavy atom. The monoisotopic (exact) mass is 280 g/mol. The molecule has 0 fully saturated rings. The third-order valence-corrected chi connectivity index (χ3v) is 3.00. The van der Waals surface area contributed by atoms with Gasteiger partial charge in [-0.3, -0.25) is 4.98 Å². The molecule has 2 N–H and O–H groups in total. The second-order valence-corrected chi connectivity index (χ2v) is 4.19. The van der Waals surface area contributed by atoms with Gasteiger partial charge in [0.05, 0.1) is 24.4 Å². The molecular weight excluding hydrogens is 268 g/mol. The van der Waals surface area contributed by atoms with Gasteiger partial charge in [0.2, 0.25) is 0 Å². The summed E-state index contributed by atoms with van der Waals surface area (Å²) >= 11 is 6.12. The van der Waals surface area contributed by atoms with E-state index in [-0.39, 0.29) is 17.9 Å². The van der Waals surface area contributed by atoms with Crippen LogP contribution in [0.2, 0.25) is 5.02 Å². The molecule has 0 radical (unpaired) electrons. The van der Waals surface area contributed by atoms with Crippen molar-refractivity contribution >= 4 is 34.2 Å². The second-order valence-electron chi connectivity index (χ2n) is 3.78. The van der Waals surface area contributed by atoms with E-state index in [0.717, 1.165) is 0 Å². The predicted molar refractivity (Wildman–Crippen MR) is 73.7 cm³/mol. The Bertz CT molecular complexity index is 643. The molecular formula is C13H13ClN2O3. The van der Waals surface area contributed by atoms with Gasteiger partial charge in [0.25, 0.3) is 0 Å². The van der Waals surface area contributed by atoms with E-state index in [4.69, 9.17) is 26.8 Å². The van der Waals surface area contributed by atoms with Crippen molar-refractivity contribution < 1.29 is 14.3 Å². The van der Waals surface area contributed by atoms with Gasteiger partial charge in [0, 0.05) is 11.6 Å². The summed E-state index contributed by atoms with van der Waals surface area (Å²) < 4.78 is 10.1. The number of methoxy groups -OCH3 is 1. The fourth-order valence-corrected chi connectivity index (χ4v) is 2.06. The van der Waals surface area contributed by atoms with Crippen LogP contribution in [0.5, 0.6) is 5.75 Å². The fraction of sp³-hybridized carbons (Fsp3) is 0.231. The zero-order chi connectivity index (χ0) is 14.0. The molecule has 6 heteroatoms. The minimum absolute atomic E-state index is 0.199. The highest BCUT2D eigenvalue weighted by molar-refractivity contribution is 6.37. The molecule has 0 saturated carbocycles. The number of nitrogens with zero attached hydrogens (tertiary/aromatic N) is 1. The molecule has 19 heavy (non-hydrogen) atoms. The Morgan fingerprint density at radius 3 is 2.84 bits per heavy atom. The summed E-state index contributed by atoms with van der Waals surface area (Å²) in [5.41, 5.74) is 6.95. The number of nitrogen functional groups attached to an aromatic ring is 1. The van der Waals surface area contributed by atoms with Crippen LogP contribution in [0.15, 0.2) is 18.3 Å². The third kappa shape index (κ3) is 2.29. The highest BCUT2D eigenvalue weighted by atomic mass is 35.5. The van der Waals surface area contributed by atoms with E-state index >= 15 is 0 Å². The van der Waals surface area contributed by atoms with E-state index in [1.165, 1.54) is 13.3 Å². The number of nitrogens with two attached hydrogens (primary N) is 1. The summed E-state index contributed by atoms with van der Waals surface area (Å²) in [6.45, 7) is 1.99. The summed E-state index contributed by atoms with van der Waals surface area (Å²) in [5.74, 6) is 0.0230. The van der Waals surface area contributed by atoms with Crippen LogP contribution in [-0.2, 0) is 4.74 Å². The molecule has 0 saturated heterocycles. The Hall–Kier alpha value is -2.01. The number of carbonyl (C=O) groups excluding carboxylic acids is 1. The number of ether oxygens (including phenoxy) is 2. The Labute approximate surface area is 115 Å². The lowest BCUT2D eigenvalue weighted by Crippen LogP contribution is -2.09. The van der Waals surface area contributed by atoms with Crippen LogP contribution < -0.4 is 10.5 Å². The van der Waals surface area contributed by atoms with Crippen molar-refractivity contribution in [3.63, 3.8) is 0 Å². The number of anilines is 1. The van der Waals surface area contributed by atoms with Crippen LogP contribution in [0.25, 0.3) is 10.9 Å². The number of esters is 1. The lowest BCUT2D eigenvalue weighted by Gasteiger charge is -2.11. The first kappa shape index (κ1) is 13.4. The van der Waals surface area contributed by atoms with Crippen molar-refractivity contribution in [2.75, 3.05) is 19.5 Å². The number of hydrogen-bond donors (Lipinski definition) is 1. The normalized spacial score (nSPS) is 10.5. The summed E-state index contributed by atoms with van der Waals surface area (Å²) in [4.78, 5) is 15.9. The minimum atomic E-state index is -0.520. The molecule has 1 heterocycles. The van der Waals surface area contributed by atoms with E-state index < -0.39 is 5.97 Å². The number of fused-ring (bicyclic) bond motifs is 1. The van der Waals surface area contributed by atoms with Gasteiger partial charge in [0.15, 0.2) is 0 Å². The Morgan fingerprint density at radius 2 is 2.21 bits per heavy atom. The zero-order valence-corrected chi connectivity index (χ0v) is 11.3. The van der Waals surface area contributed by atoms with E-state index in [1.54, 1.807) is 19.1 Å². The number of carbonyl (C=O) groups is 1. The molecule has 0 aliphatic heterocycles. The molecule has 0 bridgehead atoms. The van der Waals surface area contributed by atoms with Gasteiger partial charge in [-0.25, -0.2) is 4.79 Å². The number of rotatable bonds is 3. The largest absolute Gasteiger partial charge is 0.494 e. The molecule has 0 aliphatic rings. The Balaban J connectivity index is 2.71. The molecule has 2 aromatic rings. The molecule has 0 spiro atoms. The van der Waals surface area contributed by atoms with Crippen molar-refractivity contribution in [1.29, 1.82) is 0 Å². The van der Waals surface area contributed by atoms with Gasteiger partial charge in [-0.1, -0.05) is 11.6 Å². The second kappa shape index (κ2) is 5.32. The smallest absolute Gasteiger partial charge is 0.341 e. The zero-order valence-electron chi connectivity index (χ0n) is 10.6. The van der Waals surface area contributed by atoms with Crippen molar-refractivity contribution in [3.05, 3.63) is 28.9 Å². The first-order valence-electron chi connectivity index (χ1n) is 5.68. The van der Waals surface area contributed by atoms with E-state index in [9.17, 15) is 4.79 Å². The van der Waals surface area contributed by atoms with Crippen LogP contribution in [-0.4, -0.2) is 24.7 Å². The van der Waals surface area contributed by atoms with Crippen LogP contribution in [0, 0.1) is 0 Å². The third-order valence-electron chi connectivity index (χ3n) is 2.69. The Kier molecular flexibility index (Phi) is 3.76. The highest BCUT2D eigenvalue weighted by Gasteiger charge is 2.18. The molecule has 0 atom stereocenters. The van der Waals surface area contributed by atoms with Crippen LogP contribution >= 0.6 is 11.6 Å². The molecule has 0 amide bonds. The number of aromatic nitrogens is 1. The van der Waals surface area contributed by atoms with Gasteiger partial charge in [-0.15, -0.1) is 0 Å². The summed E-state index contributed by atoms with van der Waals surface area (Å²) in [7, 11) is 1.53. The topological polar surface area (TPSA) is 74.4 Å². The van der Waals surface area contributed by atoms with E-state index in [2.05, 4.69) is 4.98 Å². The average molecular weight is 281 g/mol. The molecule has 0 unspecified atom stereocenters. The summed E-state index contributed by atoms with van der Waals surface area (Å²) in [6.07, 6.45) is 1.37. The van der Waals surface area contributed by atoms with Gasteiger partial charge >= 0.3 is 5.97 Å². The minimum Gasteiger partial charge on any atom is -0.494 e. The highest BCUT2D eigenvalue weighted by Crippen LogP contribution is 2.35. The first-order chi connectivity index (χ1) is 9.10. The van der Waals surface area contributed by atoms with Crippen molar-refractivity contribution in [2.45, 2.75) is 6.92 Å². The van der Waals surface area contributed by atoms with E-state index in [0.29, 0.717) is 21.7 Å². The SMILES string of the molecule is CCOC(=O)c1cnc2c(OC)ccc(Cl)c2c1N. The van der Waals surface area contributed by atoms with Gasteiger partial charge < -0.3 is 15.2 Å². The maximum absolute atomic E-state index is 11.8. The van der Waals surface area contributed by atoms with E-state index in [1.807, 2.05) is 0 Å². The lowest BCUT2D eigenvalue weighted by atomic mass is 10.1. The molecule has 0 aliphatic carbocycles. The van der Waals surface area contributed by atoms with Crippen molar-refractivity contribution in [2.24, 2.45) is 0 Å². The number of benzene rings is 1. The fourth-order valence-electron chi connectivity index (χ4n) is 1.80. The standard InChI is InChI=1S/C13H13ClN2O3/c1-3-19-13(17)7-6-16-12-9(18-2)5-4-8(14)10(12)11(7)15/h4-6H,3H2,1-2H3,(H2,15,16). The maximum Gasteiger partial charge on any atom is 0.341 e. The first-order valence-corrected chi connectivity index (χ1v) is 6.05. The number of hydrogen-bond acceptors (Lipinski definition) is 5. The lowest BCUT2D eigenvalue weighted by molar-refractivity contribution is 0.0527. The van der Waals surface area contributed by atoms with Gasteiger partial charge in [-0.05, 0) is 19.1 Å². The van der Waals surface area contributed by atoms with Crippen molar-refractivity contribution in [3.8, 4) is 5.75 Å². The van der Waals surface area contributed by atoms with Crippen LogP contribution in [0.4, 0.5) is 5.69 Å².